The van der Waals surface area contributed by atoms with E-state index in [1.807, 2.05) is 67.1 Å². The lowest BCUT2D eigenvalue weighted by molar-refractivity contribution is 0.342. The molecule has 7 heteroatoms. The van der Waals surface area contributed by atoms with Crippen LogP contribution in [-0.4, -0.2) is 40.4 Å². The number of hydrogen-bond donors (Lipinski definition) is 0. The highest BCUT2D eigenvalue weighted by Gasteiger charge is 2.31. The van der Waals surface area contributed by atoms with Gasteiger partial charge in [0, 0.05) is 37.9 Å². The molecule has 0 unspecified atom stereocenters. The van der Waals surface area contributed by atoms with E-state index < -0.39 is 10.2 Å². The van der Waals surface area contributed by atoms with Gasteiger partial charge < -0.3 is 0 Å². The second kappa shape index (κ2) is 7.74. The minimum absolute atomic E-state index is 0.297. The molecule has 0 spiro atoms. The molecule has 0 atom stereocenters. The SMILES string of the molecule is Cc1nn(-c2ccccc2)c(C)c1CN(C)S(=O)(=O)N1CCc2ccccc2C1. The molecule has 29 heavy (non-hydrogen) atoms. The Kier molecular flexibility index (Phi) is 5.29. The minimum Gasteiger partial charge on any atom is -0.238 e. The Bertz CT molecular complexity index is 1120. The molecule has 1 aliphatic heterocycles. The van der Waals surface area contributed by atoms with Crippen molar-refractivity contribution in [3.05, 3.63) is 82.7 Å². The van der Waals surface area contributed by atoms with E-state index in [-0.39, 0.29) is 0 Å². The molecule has 4 rings (SSSR count). The van der Waals surface area contributed by atoms with Gasteiger partial charge in [0.1, 0.15) is 0 Å². The van der Waals surface area contributed by atoms with Crippen LogP contribution in [0.25, 0.3) is 5.69 Å². The third-order valence-corrected chi connectivity index (χ3v) is 7.52. The van der Waals surface area contributed by atoms with Gasteiger partial charge in [-0.2, -0.15) is 22.1 Å². The molecule has 0 N–H and O–H groups in total. The summed E-state index contributed by atoms with van der Waals surface area (Å²) in [7, 11) is -1.91. The monoisotopic (exact) mass is 410 g/mol. The smallest absolute Gasteiger partial charge is 0.238 e. The number of fused-ring (bicyclic) bond motifs is 1. The topological polar surface area (TPSA) is 58.4 Å². The molecule has 0 saturated carbocycles. The number of rotatable bonds is 5. The van der Waals surface area contributed by atoms with Gasteiger partial charge in [0.2, 0.25) is 0 Å². The van der Waals surface area contributed by atoms with Crippen LogP contribution in [0.3, 0.4) is 0 Å². The van der Waals surface area contributed by atoms with Crippen LogP contribution in [0.1, 0.15) is 28.1 Å². The van der Waals surface area contributed by atoms with Crippen LogP contribution in [0.2, 0.25) is 0 Å². The molecule has 2 heterocycles. The van der Waals surface area contributed by atoms with Crippen molar-refractivity contribution < 1.29 is 8.42 Å². The molecular weight excluding hydrogens is 384 g/mol. The summed E-state index contributed by atoms with van der Waals surface area (Å²) in [5.41, 5.74) is 6.03. The quantitative estimate of drug-likeness (QED) is 0.649. The number of nitrogens with zero attached hydrogens (tertiary/aromatic N) is 4. The number of para-hydroxylation sites is 1. The molecule has 0 amide bonds. The molecule has 2 aromatic carbocycles. The Balaban J connectivity index is 1.57. The first-order chi connectivity index (χ1) is 13.9. The fraction of sp³-hybridized carbons (Fsp3) is 0.318. The lowest BCUT2D eigenvalue weighted by atomic mass is 10.0. The molecular formula is C22H26N4O2S. The first-order valence-corrected chi connectivity index (χ1v) is 11.2. The van der Waals surface area contributed by atoms with Gasteiger partial charge in [0.25, 0.3) is 10.2 Å². The maximum atomic E-state index is 13.2. The van der Waals surface area contributed by atoms with Crippen molar-refractivity contribution >= 4 is 10.2 Å². The summed E-state index contributed by atoms with van der Waals surface area (Å²) in [4.78, 5) is 0. The van der Waals surface area contributed by atoms with Gasteiger partial charge in [0.05, 0.1) is 11.4 Å². The third kappa shape index (κ3) is 3.73. The molecule has 0 aliphatic carbocycles. The Labute approximate surface area is 172 Å². The number of hydrogen-bond acceptors (Lipinski definition) is 3. The van der Waals surface area contributed by atoms with Crippen LogP contribution in [-0.2, 0) is 29.7 Å². The second-order valence-electron chi connectivity index (χ2n) is 7.51. The number of benzene rings is 2. The van der Waals surface area contributed by atoms with E-state index in [4.69, 9.17) is 0 Å². The fourth-order valence-corrected chi connectivity index (χ4v) is 5.20. The van der Waals surface area contributed by atoms with Crippen molar-refractivity contribution in [2.75, 3.05) is 13.6 Å². The first kappa shape index (κ1) is 19.8. The minimum atomic E-state index is -3.56. The van der Waals surface area contributed by atoms with E-state index in [1.54, 1.807) is 11.4 Å². The molecule has 6 nitrogen and oxygen atoms in total. The maximum Gasteiger partial charge on any atom is 0.282 e. The summed E-state index contributed by atoms with van der Waals surface area (Å²) in [6.07, 6.45) is 0.743. The Morgan fingerprint density at radius 3 is 2.38 bits per heavy atom. The summed E-state index contributed by atoms with van der Waals surface area (Å²) < 4.78 is 31.3. The Morgan fingerprint density at radius 2 is 1.66 bits per heavy atom. The average molecular weight is 411 g/mol. The van der Waals surface area contributed by atoms with Crippen LogP contribution in [0.15, 0.2) is 54.6 Å². The molecule has 1 aliphatic rings. The molecule has 152 valence electrons. The van der Waals surface area contributed by atoms with E-state index >= 15 is 0 Å². The van der Waals surface area contributed by atoms with Gasteiger partial charge in [-0.1, -0.05) is 42.5 Å². The molecule has 0 fully saturated rings. The summed E-state index contributed by atoms with van der Waals surface area (Å²) in [6, 6.07) is 17.9. The largest absolute Gasteiger partial charge is 0.282 e. The van der Waals surface area contributed by atoms with Crippen LogP contribution < -0.4 is 0 Å². The summed E-state index contributed by atoms with van der Waals surface area (Å²) in [5.74, 6) is 0. The molecule has 3 aromatic rings. The van der Waals surface area contributed by atoms with Gasteiger partial charge in [0.15, 0.2) is 0 Å². The highest BCUT2D eigenvalue weighted by molar-refractivity contribution is 7.86. The predicted molar refractivity (Wildman–Crippen MR) is 114 cm³/mol. The lowest BCUT2D eigenvalue weighted by Crippen LogP contribution is -2.44. The maximum absolute atomic E-state index is 13.2. The zero-order chi connectivity index (χ0) is 20.6. The van der Waals surface area contributed by atoms with Crippen LogP contribution in [0.5, 0.6) is 0 Å². The fourth-order valence-electron chi connectivity index (χ4n) is 3.89. The normalized spacial score (nSPS) is 14.9. The van der Waals surface area contributed by atoms with Gasteiger partial charge in [-0.05, 0) is 43.5 Å². The summed E-state index contributed by atoms with van der Waals surface area (Å²) in [5, 5.41) is 4.64. The van der Waals surface area contributed by atoms with E-state index in [0.717, 1.165) is 34.6 Å². The van der Waals surface area contributed by atoms with Crippen molar-refractivity contribution in [2.24, 2.45) is 0 Å². The van der Waals surface area contributed by atoms with Crippen molar-refractivity contribution in [1.82, 2.24) is 18.4 Å². The third-order valence-electron chi connectivity index (χ3n) is 5.64. The first-order valence-electron chi connectivity index (χ1n) is 9.76. The van der Waals surface area contributed by atoms with Gasteiger partial charge in [-0.25, -0.2) is 4.68 Å². The van der Waals surface area contributed by atoms with Crippen molar-refractivity contribution in [3.8, 4) is 5.69 Å². The standard InChI is InChI=1S/C22H26N4O2S/c1-17-22(18(2)26(23-17)21-11-5-4-6-12-21)16-24(3)29(27,28)25-14-13-19-9-7-8-10-20(19)15-25/h4-12H,13-16H2,1-3H3. The van der Waals surface area contributed by atoms with Crippen molar-refractivity contribution in [2.45, 2.75) is 33.4 Å². The van der Waals surface area contributed by atoms with E-state index in [2.05, 4.69) is 11.2 Å². The van der Waals surface area contributed by atoms with Gasteiger partial charge >= 0.3 is 0 Å². The predicted octanol–water partition coefficient (Wildman–Crippen LogP) is 3.22. The molecule has 0 radical (unpaired) electrons. The molecule has 0 saturated heterocycles. The number of aryl methyl sites for hydroxylation is 1. The lowest BCUT2D eigenvalue weighted by Gasteiger charge is -2.31. The summed E-state index contributed by atoms with van der Waals surface area (Å²) >= 11 is 0. The van der Waals surface area contributed by atoms with E-state index in [0.29, 0.717) is 19.6 Å². The highest BCUT2D eigenvalue weighted by atomic mass is 32.2. The zero-order valence-electron chi connectivity index (χ0n) is 17.0. The number of aromatic nitrogens is 2. The van der Waals surface area contributed by atoms with Crippen LogP contribution in [0, 0.1) is 13.8 Å². The second-order valence-corrected chi connectivity index (χ2v) is 9.55. The van der Waals surface area contributed by atoms with Gasteiger partial charge in [-0.15, -0.1) is 0 Å². The van der Waals surface area contributed by atoms with E-state index in [1.165, 1.54) is 9.87 Å². The zero-order valence-corrected chi connectivity index (χ0v) is 17.9. The van der Waals surface area contributed by atoms with Crippen LogP contribution >= 0.6 is 0 Å². The average Bonchev–Trinajstić information content (AvgIpc) is 3.02. The Hall–Kier alpha value is -2.48. The van der Waals surface area contributed by atoms with Crippen LogP contribution in [0.4, 0.5) is 0 Å². The van der Waals surface area contributed by atoms with Crippen molar-refractivity contribution in [1.29, 1.82) is 0 Å². The summed E-state index contributed by atoms with van der Waals surface area (Å²) in [6.45, 7) is 5.14. The highest BCUT2D eigenvalue weighted by Crippen LogP contribution is 2.25. The van der Waals surface area contributed by atoms with Gasteiger partial charge in [-0.3, -0.25) is 0 Å². The molecule has 1 aromatic heterocycles. The molecule has 0 bridgehead atoms. The van der Waals surface area contributed by atoms with E-state index in [9.17, 15) is 8.42 Å². The van der Waals surface area contributed by atoms with Crippen molar-refractivity contribution in [3.63, 3.8) is 0 Å². The Morgan fingerprint density at radius 1 is 1.00 bits per heavy atom.